The molecule has 0 spiro atoms. The van der Waals surface area contributed by atoms with E-state index in [1.807, 2.05) is 24.3 Å². The van der Waals surface area contributed by atoms with Gasteiger partial charge in [0.05, 0.1) is 0 Å². The molecule has 2 amide bonds. The van der Waals surface area contributed by atoms with Crippen molar-refractivity contribution in [3.63, 3.8) is 0 Å². The predicted molar refractivity (Wildman–Crippen MR) is 60.3 cm³/mol. The first-order valence-electron chi connectivity index (χ1n) is 4.58. The molecule has 82 valence electrons. The molecule has 1 aromatic rings. The first-order chi connectivity index (χ1) is 7.69. The van der Waals surface area contributed by atoms with Gasteiger partial charge in [-0.25, -0.2) is 0 Å². The van der Waals surface area contributed by atoms with Crippen molar-refractivity contribution in [3.8, 4) is 5.75 Å². The summed E-state index contributed by atoms with van der Waals surface area (Å²) in [6.45, 7) is 0. The monoisotopic (exact) mass is 283 g/mol. The van der Waals surface area contributed by atoms with E-state index in [1.54, 1.807) is 13.2 Å². The Balaban J connectivity index is 2.22. The second-order valence-corrected chi connectivity index (χ2v) is 5.25. The molecule has 0 aromatic heterocycles. The fourth-order valence-corrected chi connectivity index (χ4v) is 2.70. The first kappa shape index (κ1) is 10.9. The Morgan fingerprint density at radius 3 is 2.44 bits per heavy atom. The SMILES string of the molecule is COc1ccc(C=C2[Se]C(=O)NC2=O)cc1. The van der Waals surface area contributed by atoms with Crippen molar-refractivity contribution in [1.29, 1.82) is 0 Å². The second-order valence-electron chi connectivity index (χ2n) is 3.13. The van der Waals surface area contributed by atoms with Gasteiger partial charge in [0.2, 0.25) is 0 Å². The molecule has 0 atom stereocenters. The summed E-state index contributed by atoms with van der Waals surface area (Å²) in [5, 5.41) is 2.27. The van der Waals surface area contributed by atoms with Crippen molar-refractivity contribution in [2.24, 2.45) is 0 Å². The quantitative estimate of drug-likeness (QED) is 0.650. The molecule has 1 aliphatic rings. The van der Waals surface area contributed by atoms with Crippen LogP contribution in [-0.4, -0.2) is 32.8 Å². The predicted octanol–water partition coefficient (Wildman–Crippen LogP) is 0.990. The summed E-state index contributed by atoms with van der Waals surface area (Å²) in [5.74, 6) is 0.487. The molecular formula is C11H9NO3Se. The number of carbonyl (C=O) groups excluding carboxylic acids is 2. The number of methoxy groups -OCH3 is 1. The Morgan fingerprint density at radius 2 is 1.94 bits per heavy atom. The van der Waals surface area contributed by atoms with E-state index in [9.17, 15) is 9.59 Å². The average Bonchev–Trinajstić information content (AvgIpc) is 2.59. The van der Waals surface area contributed by atoms with Crippen LogP contribution >= 0.6 is 0 Å². The van der Waals surface area contributed by atoms with Gasteiger partial charge in [0.25, 0.3) is 0 Å². The third-order valence-corrected chi connectivity index (χ3v) is 3.76. The van der Waals surface area contributed by atoms with Crippen LogP contribution in [0.5, 0.6) is 5.75 Å². The van der Waals surface area contributed by atoms with Gasteiger partial charge in [-0.05, 0) is 0 Å². The van der Waals surface area contributed by atoms with Crippen LogP contribution in [0.2, 0.25) is 0 Å². The molecule has 1 saturated heterocycles. The van der Waals surface area contributed by atoms with E-state index in [1.165, 1.54) is 0 Å². The maximum atomic E-state index is 11.3. The van der Waals surface area contributed by atoms with E-state index in [2.05, 4.69) is 5.32 Å². The molecular weight excluding hydrogens is 273 g/mol. The molecule has 4 nitrogen and oxygen atoms in total. The number of amides is 2. The van der Waals surface area contributed by atoms with Crippen LogP contribution in [0.25, 0.3) is 6.08 Å². The molecule has 0 bridgehead atoms. The van der Waals surface area contributed by atoms with Crippen molar-refractivity contribution in [2.75, 3.05) is 7.11 Å². The van der Waals surface area contributed by atoms with Crippen LogP contribution in [0.1, 0.15) is 5.56 Å². The van der Waals surface area contributed by atoms with Crippen molar-refractivity contribution in [2.45, 2.75) is 0 Å². The second kappa shape index (κ2) is 4.51. The molecule has 0 saturated carbocycles. The van der Waals surface area contributed by atoms with Crippen LogP contribution in [0.3, 0.4) is 0 Å². The van der Waals surface area contributed by atoms with E-state index in [0.717, 1.165) is 11.3 Å². The van der Waals surface area contributed by atoms with E-state index in [-0.39, 0.29) is 10.7 Å². The number of carbonyl (C=O) groups is 2. The van der Waals surface area contributed by atoms with Gasteiger partial charge >= 0.3 is 98.5 Å². The van der Waals surface area contributed by atoms with Crippen molar-refractivity contribution >= 4 is 31.7 Å². The first-order valence-corrected chi connectivity index (χ1v) is 6.29. The normalized spacial score (nSPS) is 17.7. The molecule has 1 heterocycles. The molecule has 0 aliphatic carbocycles. The Bertz CT molecular complexity index is 465. The van der Waals surface area contributed by atoms with Gasteiger partial charge in [0.15, 0.2) is 0 Å². The Kier molecular flexibility index (Phi) is 3.08. The van der Waals surface area contributed by atoms with Gasteiger partial charge in [-0.2, -0.15) is 0 Å². The fraction of sp³-hybridized carbons (Fsp3) is 0.0909. The molecule has 1 aliphatic heterocycles. The molecule has 1 aromatic carbocycles. The zero-order chi connectivity index (χ0) is 11.5. The van der Waals surface area contributed by atoms with Crippen LogP contribution in [0.4, 0.5) is 4.79 Å². The van der Waals surface area contributed by atoms with Crippen LogP contribution in [0, 0.1) is 0 Å². The molecule has 1 fully saturated rings. The molecule has 1 N–H and O–H groups in total. The topological polar surface area (TPSA) is 55.4 Å². The summed E-state index contributed by atoms with van der Waals surface area (Å²) < 4.78 is 5.59. The van der Waals surface area contributed by atoms with Gasteiger partial charge in [0.1, 0.15) is 0 Å². The third-order valence-electron chi connectivity index (χ3n) is 2.06. The number of nitrogens with one attached hydrogen (secondary N) is 1. The zero-order valence-electron chi connectivity index (χ0n) is 8.52. The number of benzene rings is 1. The van der Waals surface area contributed by atoms with Crippen molar-refractivity contribution in [1.82, 2.24) is 5.32 Å². The zero-order valence-corrected chi connectivity index (χ0v) is 10.2. The van der Waals surface area contributed by atoms with E-state index >= 15 is 0 Å². The van der Waals surface area contributed by atoms with Crippen molar-refractivity contribution in [3.05, 3.63) is 34.3 Å². The minimum atomic E-state index is -0.406. The van der Waals surface area contributed by atoms with Gasteiger partial charge in [-0.1, -0.05) is 0 Å². The summed E-state index contributed by atoms with van der Waals surface area (Å²) in [7, 11) is 1.60. The average molecular weight is 282 g/mol. The summed E-state index contributed by atoms with van der Waals surface area (Å²) in [6, 6.07) is 7.32. The number of ether oxygens (including phenoxy) is 1. The van der Waals surface area contributed by atoms with Gasteiger partial charge in [0, 0.05) is 0 Å². The number of hydrogen-bond donors (Lipinski definition) is 1. The molecule has 2 rings (SSSR count). The van der Waals surface area contributed by atoms with Crippen LogP contribution in [-0.2, 0) is 4.79 Å². The summed E-state index contributed by atoms with van der Waals surface area (Å²) in [5.41, 5.74) is 0.891. The van der Waals surface area contributed by atoms with Crippen LogP contribution < -0.4 is 10.1 Å². The fourth-order valence-electron chi connectivity index (χ4n) is 1.27. The summed E-state index contributed by atoms with van der Waals surface area (Å²) in [4.78, 5) is 22.1. The summed E-state index contributed by atoms with van der Waals surface area (Å²) in [6.07, 6.45) is 1.74. The van der Waals surface area contributed by atoms with Gasteiger partial charge in [-0.3, -0.25) is 0 Å². The van der Waals surface area contributed by atoms with E-state index < -0.39 is 15.0 Å². The van der Waals surface area contributed by atoms with E-state index in [0.29, 0.717) is 4.47 Å². The number of imide groups is 1. The standard InChI is InChI=1S/C11H9NO3Se/c1-15-8-4-2-7(3-5-8)6-9-10(13)12-11(14)16-9/h2-6H,1H3,(H,12,13,14). The number of rotatable bonds is 2. The Hall–Kier alpha value is -1.58. The number of hydrogen-bond acceptors (Lipinski definition) is 3. The van der Waals surface area contributed by atoms with Gasteiger partial charge in [-0.15, -0.1) is 0 Å². The molecule has 0 unspecified atom stereocenters. The van der Waals surface area contributed by atoms with Crippen LogP contribution in [0.15, 0.2) is 28.7 Å². The van der Waals surface area contributed by atoms with E-state index in [4.69, 9.17) is 4.74 Å². The third kappa shape index (κ3) is 2.32. The summed E-state index contributed by atoms with van der Waals surface area (Å²) >= 11 is -0.406. The molecule has 5 heteroatoms. The Labute approximate surface area is 98.8 Å². The minimum absolute atomic E-state index is 0.183. The Morgan fingerprint density at radius 1 is 1.25 bits per heavy atom. The molecule has 16 heavy (non-hydrogen) atoms. The maximum absolute atomic E-state index is 11.3. The van der Waals surface area contributed by atoms with Gasteiger partial charge < -0.3 is 0 Å². The molecule has 0 radical (unpaired) electrons. The van der Waals surface area contributed by atoms with Crippen molar-refractivity contribution < 1.29 is 14.3 Å².